The Morgan fingerprint density at radius 2 is 2.00 bits per heavy atom. The Bertz CT molecular complexity index is 1090. The summed E-state index contributed by atoms with van der Waals surface area (Å²) >= 11 is 0. The van der Waals surface area contributed by atoms with Crippen LogP contribution in [0.5, 0.6) is 0 Å². The molecule has 6 nitrogen and oxygen atoms in total. The van der Waals surface area contributed by atoms with Gasteiger partial charge in [-0.15, -0.1) is 0 Å². The molecule has 0 amide bonds. The lowest BCUT2D eigenvalue weighted by Gasteiger charge is -2.43. The van der Waals surface area contributed by atoms with E-state index in [-0.39, 0.29) is 17.0 Å². The number of nitrogens with one attached hydrogen (secondary N) is 1. The summed E-state index contributed by atoms with van der Waals surface area (Å²) < 4.78 is 1.75. The highest BCUT2D eigenvalue weighted by Gasteiger charge is 2.45. The van der Waals surface area contributed by atoms with E-state index >= 15 is 0 Å². The third-order valence-electron chi connectivity index (χ3n) is 7.31. The summed E-state index contributed by atoms with van der Waals surface area (Å²) in [6, 6.07) is 12.7. The Balaban J connectivity index is 1.35. The fourth-order valence-electron chi connectivity index (χ4n) is 5.41. The molecule has 1 saturated heterocycles. The molecule has 6 heteroatoms. The molecule has 0 unspecified atom stereocenters. The highest BCUT2D eigenvalue weighted by molar-refractivity contribution is 6.23. The first-order chi connectivity index (χ1) is 14.5. The van der Waals surface area contributed by atoms with Gasteiger partial charge in [0.2, 0.25) is 0 Å². The molecule has 1 spiro atoms. The minimum atomic E-state index is -0.0163. The molecule has 3 N–H and O–H groups in total. The molecule has 1 atom stereocenters. The van der Waals surface area contributed by atoms with Crippen LogP contribution in [0.15, 0.2) is 52.9 Å². The van der Waals surface area contributed by atoms with Gasteiger partial charge in [0.25, 0.3) is 5.56 Å². The number of rotatable bonds is 3. The van der Waals surface area contributed by atoms with Crippen LogP contribution in [-0.2, 0) is 13.5 Å². The third-order valence-corrected chi connectivity index (χ3v) is 7.31. The number of fused-ring (bicyclic) bond motifs is 1. The number of nitrogens with zero attached hydrogens (tertiary/aromatic N) is 3. The summed E-state index contributed by atoms with van der Waals surface area (Å²) in [6.45, 7) is 6.73. The van der Waals surface area contributed by atoms with Gasteiger partial charge in [0.15, 0.2) is 0 Å². The number of piperidine rings is 1. The van der Waals surface area contributed by atoms with E-state index in [1.807, 2.05) is 19.2 Å². The average Bonchev–Trinajstić information content (AvgIpc) is 3.39. The zero-order valence-electron chi connectivity index (χ0n) is 17.5. The van der Waals surface area contributed by atoms with E-state index in [0.717, 1.165) is 62.4 Å². The van der Waals surface area contributed by atoms with Crippen molar-refractivity contribution >= 4 is 17.1 Å². The third kappa shape index (κ3) is 2.89. The lowest BCUT2D eigenvalue weighted by Crippen LogP contribution is -2.45. The van der Waals surface area contributed by atoms with Crippen molar-refractivity contribution in [1.82, 2.24) is 9.99 Å². The quantitative estimate of drug-likeness (QED) is 0.826. The smallest absolute Gasteiger partial charge is 0.259 e. The van der Waals surface area contributed by atoms with Crippen molar-refractivity contribution in [2.75, 3.05) is 24.5 Å². The molecular formula is C24H29N5O. The first kappa shape index (κ1) is 19.1. The molecule has 3 aliphatic rings. The monoisotopic (exact) mass is 403 g/mol. The lowest BCUT2D eigenvalue weighted by molar-refractivity contribution is 0.187. The summed E-state index contributed by atoms with van der Waals surface area (Å²) in [4.78, 5) is 15.4. The van der Waals surface area contributed by atoms with E-state index in [4.69, 9.17) is 5.73 Å². The number of anilines is 1. The van der Waals surface area contributed by atoms with Crippen LogP contribution in [0.3, 0.4) is 0 Å². The molecule has 2 aliphatic heterocycles. The molecule has 2 aromatic rings. The van der Waals surface area contributed by atoms with Crippen LogP contribution in [-0.4, -0.2) is 29.9 Å². The van der Waals surface area contributed by atoms with Crippen molar-refractivity contribution in [3.05, 3.63) is 70.0 Å². The largest absolute Gasteiger partial charge is 0.358 e. The molecule has 5 rings (SSSR count). The van der Waals surface area contributed by atoms with Gasteiger partial charge < -0.3 is 16.1 Å². The van der Waals surface area contributed by atoms with Crippen LogP contribution < -0.4 is 21.6 Å². The van der Waals surface area contributed by atoms with E-state index in [1.165, 1.54) is 11.1 Å². The number of hydrogen-bond acceptors (Lipinski definition) is 5. The van der Waals surface area contributed by atoms with Crippen molar-refractivity contribution in [3.8, 4) is 0 Å². The summed E-state index contributed by atoms with van der Waals surface area (Å²) in [5.74, 6) is 0.960. The summed E-state index contributed by atoms with van der Waals surface area (Å²) in [7, 11) is 1.85. The second kappa shape index (κ2) is 7.13. The average molecular weight is 404 g/mol. The first-order valence-electron chi connectivity index (χ1n) is 10.8. The Morgan fingerprint density at radius 3 is 2.70 bits per heavy atom. The van der Waals surface area contributed by atoms with Gasteiger partial charge in [-0.3, -0.25) is 9.36 Å². The fraction of sp³-hybridized carbons (Fsp3) is 0.417. The van der Waals surface area contributed by atoms with E-state index in [2.05, 4.69) is 46.3 Å². The maximum absolute atomic E-state index is 13.1. The second-order valence-corrected chi connectivity index (χ2v) is 8.87. The van der Waals surface area contributed by atoms with Gasteiger partial charge in [0, 0.05) is 50.3 Å². The summed E-state index contributed by atoms with van der Waals surface area (Å²) in [6.07, 6.45) is 3.94. The SMILES string of the molecule is C=C(C1=NNCC1)c1ccc(N2CCC3(CC2)Cc2ccccc2[C@H]3N)n(C)c1=O. The van der Waals surface area contributed by atoms with Crippen molar-refractivity contribution in [2.45, 2.75) is 31.7 Å². The molecule has 0 saturated carbocycles. The minimum Gasteiger partial charge on any atom is -0.358 e. The predicted octanol–water partition coefficient (Wildman–Crippen LogP) is 2.59. The highest BCUT2D eigenvalue weighted by Crippen LogP contribution is 2.50. The van der Waals surface area contributed by atoms with Crippen LogP contribution >= 0.6 is 0 Å². The lowest BCUT2D eigenvalue weighted by atomic mass is 9.73. The van der Waals surface area contributed by atoms with Crippen molar-refractivity contribution in [1.29, 1.82) is 0 Å². The number of nitrogens with two attached hydrogens (primary N) is 1. The van der Waals surface area contributed by atoms with Gasteiger partial charge in [-0.1, -0.05) is 30.8 Å². The van der Waals surface area contributed by atoms with E-state index in [0.29, 0.717) is 5.56 Å². The zero-order chi connectivity index (χ0) is 20.9. The van der Waals surface area contributed by atoms with E-state index in [1.54, 1.807) is 4.57 Å². The van der Waals surface area contributed by atoms with Gasteiger partial charge in [0.1, 0.15) is 5.82 Å². The zero-order valence-corrected chi connectivity index (χ0v) is 17.5. The number of aromatic nitrogens is 1. The molecule has 1 aliphatic carbocycles. The fourth-order valence-corrected chi connectivity index (χ4v) is 5.41. The topological polar surface area (TPSA) is 75.7 Å². The van der Waals surface area contributed by atoms with Crippen LogP contribution in [0.2, 0.25) is 0 Å². The molecule has 3 heterocycles. The number of pyridine rings is 1. The predicted molar refractivity (Wildman–Crippen MR) is 122 cm³/mol. The Labute approximate surface area is 177 Å². The first-order valence-corrected chi connectivity index (χ1v) is 10.8. The Morgan fingerprint density at radius 1 is 1.23 bits per heavy atom. The maximum atomic E-state index is 13.1. The van der Waals surface area contributed by atoms with Crippen LogP contribution in [0, 0.1) is 5.41 Å². The normalized spacial score (nSPS) is 22.0. The standard InChI is InChI=1S/C24H29N5O/c1-16(20-9-12-26-27-20)18-7-8-21(28(2)23(18)30)29-13-10-24(11-14-29)15-17-5-3-4-6-19(17)22(24)25/h3-8,22,26H,1,9-15,25H2,2H3/t22-/m1/s1. The van der Waals surface area contributed by atoms with Gasteiger partial charge in [-0.2, -0.15) is 5.10 Å². The molecule has 1 aromatic carbocycles. The molecular weight excluding hydrogens is 374 g/mol. The van der Waals surface area contributed by atoms with Crippen LogP contribution in [0.1, 0.15) is 42.0 Å². The molecule has 30 heavy (non-hydrogen) atoms. The number of hydrazone groups is 1. The Hall–Kier alpha value is -2.86. The van der Waals surface area contributed by atoms with Gasteiger partial charge in [-0.25, -0.2) is 0 Å². The molecule has 0 bridgehead atoms. The van der Waals surface area contributed by atoms with E-state index < -0.39 is 0 Å². The van der Waals surface area contributed by atoms with Crippen LogP contribution in [0.25, 0.3) is 5.57 Å². The number of hydrogen-bond donors (Lipinski definition) is 2. The summed E-state index contributed by atoms with van der Waals surface area (Å²) in [5.41, 5.74) is 14.7. The van der Waals surface area contributed by atoms with E-state index in [9.17, 15) is 4.79 Å². The second-order valence-electron chi connectivity index (χ2n) is 8.87. The Kier molecular flexibility index (Phi) is 4.54. The van der Waals surface area contributed by atoms with Gasteiger partial charge in [-0.05, 0) is 47.9 Å². The summed E-state index contributed by atoms with van der Waals surface area (Å²) in [5, 5.41) is 4.26. The molecule has 1 fully saturated rings. The van der Waals surface area contributed by atoms with Crippen LogP contribution in [0.4, 0.5) is 5.82 Å². The number of allylic oxidation sites excluding steroid dienone is 1. The molecule has 0 radical (unpaired) electrons. The highest BCUT2D eigenvalue weighted by atomic mass is 16.1. The van der Waals surface area contributed by atoms with Crippen molar-refractivity contribution < 1.29 is 0 Å². The van der Waals surface area contributed by atoms with Crippen molar-refractivity contribution in [2.24, 2.45) is 23.3 Å². The minimum absolute atomic E-state index is 0.0163. The maximum Gasteiger partial charge on any atom is 0.259 e. The number of benzene rings is 1. The molecule has 156 valence electrons. The molecule has 1 aromatic heterocycles. The van der Waals surface area contributed by atoms with Gasteiger partial charge in [0.05, 0.1) is 5.71 Å². The van der Waals surface area contributed by atoms with Gasteiger partial charge >= 0.3 is 0 Å². The van der Waals surface area contributed by atoms with Crippen molar-refractivity contribution in [3.63, 3.8) is 0 Å².